The zero-order chi connectivity index (χ0) is 17.1. The Labute approximate surface area is 155 Å². The topological polar surface area (TPSA) is 42.8 Å². The molecule has 4 rings (SSSR count). The third-order valence-corrected chi connectivity index (χ3v) is 7.08. The summed E-state index contributed by atoms with van der Waals surface area (Å²) in [4.78, 5) is 13.4. The third-order valence-electron chi connectivity index (χ3n) is 6.04. The standard InChI is InChI=1S/C19H32N4OS/c24-18-15-21(12-7-17(18)22-8-3-1-2-4-9-22)14-16-13-20-19(25-16)23-10-5-6-11-23/h13,17-18,24H,1-12,14-15H2/t17-,18-/m1/s1. The average Bonchev–Trinajstić information content (AvgIpc) is 3.22. The molecule has 0 radical (unpaired) electrons. The van der Waals surface area contributed by atoms with E-state index in [0.29, 0.717) is 6.04 Å². The molecule has 0 amide bonds. The molecule has 1 aromatic heterocycles. The van der Waals surface area contributed by atoms with Gasteiger partial charge in [-0.15, -0.1) is 11.3 Å². The van der Waals surface area contributed by atoms with Crippen LogP contribution in [0.4, 0.5) is 5.13 Å². The number of aromatic nitrogens is 1. The van der Waals surface area contributed by atoms with Crippen molar-refractivity contribution < 1.29 is 5.11 Å². The minimum Gasteiger partial charge on any atom is -0.390 e. The fourth-order valence-electron chi connectivity index (χ4n) is 4.63. The molecule has 3 saturated heterocycles. The Morgan fingerprint density at radius 1 is 1.00 bits per heavy atom. The number of nitrogens with zero attached hydrogens (tertiary/aromatic N) is 4. The molecule has 5 nitrogen and oxygen atoms in total. The lowest BCUT2D eigenvalue weighted by Crippen LogP contribution is -2.54. The summed E-state index contributed by atoms with van der Waals surface area (Å²) in [5.41, 5.74) is 0. The number of thiazole rings is 1. The van der Waals surface area contributed by atoms with E-state index in [-0.39, 0.29) is 6.10 Å². The van der Waals surface area contributed by atoms with Crippen molar-refractivity contribution in [2.75, 3.05) is 44.2 Å². The van der Waals surface area contributed by atoms with Crippen molar-refractivity contribution in [1.29, 1.82) is 0 Å². The molecule has 6 heteroatoms. The number of piperidine rings is 1. The third kappa shape index (κ3) is 4.35. The molecule has 1 N–H and O–H groups in total. The second-order valence-corrected chi connectivity index (χ2v) is 9.01. The minimum absolute atomic E-state index is 0.210. The summed E-state index contributed by atoms with van der Waals surface area (Å²) in [6, 6.07) is 0.371. The van der Waals surface area contributed by atoms with Crippen molar-refractivity contribution in [3.05, 3.63) is 11.1 Å². The molecule has 4 heterocycles. The number of rotatable bonds is 4. The number of aliphatic hydroxyl groups is 1. The molecule has 3 aliphatic heterocycles. The van der Waals surface area contributed by atoms with Crippen LogP contribution in [0, 0.1) is 0 Å². The highest BCUT2D eigenvalue weighted by Crippen LogP contribution is 2.28. The van der Waals surface area contributed by atoms with Crippen molar-refractivity contribution in [1.82, 2.24) is 14.8 Å². The Hall–Kier alpha value is -0.690. The SMILES string of the molecule is O[C@@H]1CN(Cc2cnc(N3CCCC3)s2)CC[C@H]1N1CCCCCC1. The Kier molecular flexibility index (Phi) is 5.90. The van der Waals surface area contributed by atoms with Crippen molar-refractivity contribution in [2.45, 2.75) is 63.6 Å². The van der Waals surface area contributed by atoms with E-state index in [0.717, 1.165) is 39.1 Å². The first kappa shape index (κ1) is 17.7. The first-order chi connectivity index (χ1) is 12.3. The Bertz CT molecular complexity index is 537. The van der Waals surface area contributed by atoms with E-state index in [1.165, 1.54) is 61.6 Å². The molecule has 1 aromatic rings. The molecule has 0 aliphatic carbocycles. The monoisotopic (exact) mass is 364 g/mol. The maximum Gasteiger partial charge on any atom is 0.185 e. The van der Waals surface area contributed by atoms with Crippen LogP contribution in [0.15, 0.2) is 6.20 Å². The van der Waals surface area contributed by atoms with Gasteiger partial charge in [0.15, 0.2) is 5.13 Å². The van der Waals surface area contributed by atoms with Crippen LogP contribution >= 0.6 is 11.3 Å². The van der Waals surface area contributed by atoms with Gasteiger partial charge in [-0.1, -0.05) is 12.8 Å². The van der Waals surface area contributed by atoms with Crippen LogP contribution < -0.4 is 4.90 Å². The molecule has 0 spiro atoms. The van der Waals surface area contributed by atoms with Crippen molar-refractivity contribution in [3.63, 3.8) is 0 Å². The molecule has 0 saturated carbocycles. The van der Waals surface area contributed by atoms with Gasteiger partial charge in [-0.05, 0) is 45.2 Å². The summed E-state index contributed by atoms with van der Waals surface area (Å²) >= 11 is 1.84. The Morgan fingerprint density at radius 3 is 2.44 bits per heavy atom. The summed E-state index contributed by atoms with van der Waals surface area (Å²) < 4.78 is 0. The van der Waals surface area contributed by atoms with Gasteiger partial charge in [-0.2, -0.15) is 0 Å². The first-order valence-electron chi connectivity index (χ1n) is 10.1. The first-order valence-corrected chi connectivity index (χ1v) is 11.0. The maximum absolute atomic E-state index is 10.7. The van der Waals surface area contributed by atoms with Crippen LogP contribution in [-0.2, 0) is 6.54 Å². The van der Waals surface area contributed by atoms with E-state index >= 15 is 0 Å². The number of hydrogen-bond acceptors (Lipinski definition) is 6. The zero-order valence-electron chi connectivity index (χ0n) is 15.3. The van der Waals surface area contributed by atoms with Gasteiger partial charge in [0.25, 0.3) is 0 Å². The number of anilines is 1. The summed E-state index contributed by atoms with van der Waals surface area (Å²) in [5.74, 6) is 0. The van der Waals surface area contributed by atoms with E-state index in [9.17, 15) is 5.11 Å². The molecular weight excluding hydrogens is 332 g/mol. The van der Waals surface area contributed by atoms with Crippen molar-refractivity contribution in [2.24, 2.45) is 0 Å². The van der Waals surface area contributed by atoms with Gasteiger partial charge in [0.2, 0.25) is 0 Å². The normalized spacial score (nSPS) is 29.9. The Morgan fingerprint density at radius 2 is 1.72 bits per heavy atom. The van der Waals surface area contributed by atoms with Crippen LogP contribution in [0.2, 0.25) is 0 Å². The van der Waals surface area contributed by atoms with Crippen molar-refractivity contribution in [3.8, 4) is 0 Å². The molecular formula is C19H32N4OS. The highest BCUT2D eigenvalue weighted by molar-refractivity contribution is 7.15. The van der Waals surface area contributed by atoms with E-state index in [1.54, 1.807) is 0 Å². The van der Waals surface area contributed by atoms with Crippen LogP contribution in [-0.4, -0.2) is 71.3 Å². The van der Waals surface area contributed by atoms with Crippen LogP contribution in [0.25, 0.3) is 0 Å². The molecule has 3 aliphatic rings. The number of likely N-dealkylation sites (tertiary alicyclic amines) is 2. The van der Waals surface area contributed by atoms with E-state index in [4.69, 9.17) is 0 Å². The highest BCUT2D eigenvalue weighted by atomic mass is 32.1. The van der Waals surface area contributed by atoms with Gasteiger partial charge in [0, 0.05) is 49.8 Å². The average molecular weight is 365 g/mol. The molecule has 25 heavy (non-hydrogen) atoms. The number of hydrogen-bond donors (Lipinski definition) is 1. The second kappa shape index (κ2) is 8.33. The van der Waals surface area contributed by atoms with Gasteiger partial charge >= 0.3 is 0 Å². The highest BCUT2D eigenvalue weighted by Gasteiger charge is 2.32. The fourth-order valence-corrected chi connectivity index (χ4v) is 5.63. The summed E-state index contributed by atoms with van der Waals surface area (Å²) in [7, 11) is 0. The maximum atomic E-state index is 10.7. The summed E-state index contributed by atoms with van der Waals surface area (Å²) in [5, 5.41) is 11.9. The quantitative estimate of drug-likeness (QED) is 0.889. The lowest BCUT2D eigenvalue weighted by Gasteiger charge is -2.41. The lowest BCUT2D eigenvalue weighted by molar-refractivity contribution is -0.0141. The van der Waals surface area contributed by atoms with Gasteiger partial charge < -0.3 is 10.0 Å². The Balaban J connectivity index is 1.30. The number of β-amino-alcohol motifs (C(OH)–C–C–N with tert-alkyl or cyclic N) is 1. The van der Waals surface area contributed by atoms with Crippen LogP contribution in [0.3, 0.4) is 0 Å². The second-order valence-electron chi connectivity index (χ2n) is 7.91. The molecule has 3 fully saturated rings. The van der Waals surface area contributed by atoms with Gasteiger partial charge in [-0.25, -0.2) is 4.98 Å². The number of aliphatic hydroxyl groups excluding tert-OH is 1. The predicted molar refractivity (Wildman–Crippen MR) is 103 cm³/mol. The molecule has 2 atom stereocenters. The van der Waals surface area contributed by atoms with E-state index < -0.39 is 0 Å². The smallest absolute Gasteiger partial charge is 0.185 e. The molecule has 0 aromatic carbocycles. The fraction of sp³-hybridized carbons (Fsp3) is 0.842. The molecule has 0 bridgehead atoms. The lowest BCUT2D eigenvalue weighted by atomic mass is 9.99. The van der Waals surface area contributed by atoms with Crippen molar-refractivity contribution >= 4 is 16.5 Å². The van der Waals surface area contributed by atoms with Gasteiger partial charge in [-0.3, -0.25) is 9.80 Å². The molecule has 140 valence electrons. The van der Waals surface area contributed by atoms with E-state index in [1.807, 2.05) is 17.5 Å². The van der Waals surface area contributed by atoms with E-state index in [2.05, 4.69) is 19.7 Å². The zero-order valence-corrected chi connectivity index (χ0v) is 16.1. The minimum atomic E-state index is -0.210. The largest absolute Gasteiger partial charge is 0.390 e. The van der Waals surface area contributed by atoms with Gasteiger partial charge in [0.1, 0.15) is 0 Å². The summed E-state index contributed by atoms with van der Waals surface area (Å²) in [6.07, 6.45) is 10.8. The van der Waals surface area contributed by atoms with Gasteiger partial charge in [0.05, 0.1) is 6.10 Å². The molecule has 0 unspecified atom stereocenters. The van der Waals surface area contributed by atoms with Crippen LogP contribution in [0.1, 0.15) is 49.8 Å². The summed E-state index contributed by atoms with van der Waals surface area (Å²) in [6.45, 7) is 7.51. The predicted octanol–water partition coefficient (Wildman–Crippen LogP) is 2.55. The van der Waals surface area contributed by atoms with Crippen LogP contribution in [0.5, 0.6) is 0 Å².